The molecule has 32 heavy (non-hydrogen) atoms. The predicted octanol–water partition coefficient (Wildman–Crippen LogP) is 6.36. The van der Waals surface area contributed by atoms with E-state index in [9.17, 15) is 0 Å². The van der Waals surface area contributed by atoms with Crippen LogP contribution in [-0.2, 0) is 13.1 Å². The van der Waals surface area contributed by atoms with E-state index in [1.54, 1.807) is 0 Å². The van der Waals surface area contributed by atoms with Gasteiger partial charge in [0.15, 0.2) is 0 Å². The highest BCUT2D eigenvalue weighted by Crippen LogP contribution is 2.40. The molecule has 2 saturated heterocycles. The molecule has 3 nitrogen and oxygen atoms in total. The Balaban J connectivity index is 1.15. The van der Waals surface area contributed by atoms with Gasteiger partial charge in [-0.15, -0.1) is 0 Å². The Labute approximate surface area is 192 Å². The maximum absolute atomic E-state index is 6.03. The molecule has 0 bridgehead atoms. The summed E-state index contributed by atoms with van der Waals surface area (Å²) in [5.74, 6) is 1.81. The van der Waals surface area contributed by atoms with Gasteiger partial charge in [-0.25, -0.2) is 0 Å². The van der Waals surface area contributed by atoms with Crippen molar-refractivity contribution < 1.29 is 4.74 Å². The van der Waals surface area contributed by atoms with Crippen LogP contribution < -0.4 is 4.74 Å². The lowest BCUT2D eigenvalue weighted by Crippen LogP contribution is -2.49. The smallest absolute Gasteiger partial charge is 0.127 e. The number of hydrogen-bond donors (Lipinski definition) is 0. The number of piperidine rings is 2. The normalized spacial score (nSPS) is 19.1. The topological polar surface area (TPSA) is 15.7 Å². The number of ether oxygens (including phenoxy) is 1. The summed E-state index contributed by atoms with van der Waals surface area (Å²) in [5.41, 5.74) is 3.30. The Bertz CT molecular complexity index is 980. The molecule has 3 aromatic carbocycles. The van der Waals surface area contributed by atoms with E-state index in [-0.39, 0.29) is 0 Å². The highest BCUT2D eigenvalue weighted by atomic mass is 16.5. The molecule has 0 N–H and O–H groups in total. The van der Waals surface area contributed by atoms with E-state index in [1.165, 1.54) is 63.0 Å². The van der Waals surface area contributed by atoms with E-state index in [2.05, 4.69) is 58.3 Å². The second kappa shape index (κ2) is 9.89. The Morgan fingerprint density at radius 2 is 1.28 bits per heavy atom. The lowest BCUT2D eigenvalue weighted by Gasteiger charge is -2.48. The van der Waals surface area contributed by atoms with Crippen molar-refractivity contribution in [3.05, 3.63) is 96.1 Å². The Morgan fingerprint density at radius 1 is 0.625 bits per heavy atom. The summed E-state index contributed by atoms with van der Waals surface area (Å²) in [6.07, 6.45) is 5.37. The lowest BCUT2D eigenvalue weighted by atomic mass is 9.72. The molecule has 166 valence electrons. The fourth-order valence-corrected chi connectivity index (χ4v) is 5.47. The quantitative estimate of drug-likeness (QED) is 0.456. The third-order valence-corrected chi connectivity index (χ3v) is 7.19. The van der Waals surface area contributed by atoms with Gasteiger partial charge in [0.2, 0.25) is 0 Å². The van der Waals surface area contributed by atoms with Gasteiger partial charge < -0.3 is 4.74 Å². The first-order valence-electron chi connectivity index (χ1n) is 12.1. The van der Waals surface area contributed by atoms with Crippen LogP contribution in [0.2, 0.25) is 0 Å². The average Bonchev–Trinajstić information content (AvgIpc) is 2.83. The van der Waals surface area contributed by atoms with Gasteiger partial charge in [-0.2, -0.15) is 0 Å². The summed E-state index contributed by atoms with van der Waals surface area (Å²) >= 11 is 0. The Hall–Kier alpha value is -2.62. The zero-order valence-corrected chi connectivity index (χ0v) is 19.0. The molecular weight excluding hydrogens is 392 g/mol. The molecule has 0 amide bonds. The number of rotatable bonds is 6. The highest BCUT2D eigenvalue weighted by molar-refractivity contribution is 5.33. The lowest BCUT2D eigenvalue weighted by molar-refractivity contribution is 0.0185. The molecule has 0 aliphatic carbocycles. The molecule has 0 radical (unpaired) electrons. The number of para-hydroxylation sites is 1. The molecule has 2 heterocycles. The third-order valence-electron chi connectivity index (χ3n) is 7.19. The van der Waals surface area contributed by atoms with E-state index >= 15 is 0 Å². The van der Waals surface area contributed by atoms with Gasteiger partial charge in [0.25, 0.3) is 0 Å². The van der Waals surface area contributed by atoms with Crippen LogP contribution >= 0.6 is 0 Å². The minimum Gasteiger partial charge on any atom is -0.457 e. The molecule has 1 spiro atoms. The first kappa shape index (κ1) is 21.2. The fourth-order valence-electron chi connectivity index (χ4n) is 5.47. The fraction of sp³-hybridized carbons (Fsp3) is 0.379. The SMILES string of the molecule is c1ccc(CN2CCCC3(CCN(Cc4cccc(Oc5ccccc5)c4)CC3)C2)cc1. The molecule has 0 atom stereocenters. The maximum atomic E-state index is 6.03. The Kier molecular flexibility index (Phi) is 6.56. The average molecular weight is 427 g/mol. The first-order chi connectivity index (χ1) is 15.8. The second-order valence-electron chi connectivity index (χ2n) is 9.64. The molecule has 0 aromatic heterocycles. The molecule has 3 heteroatoms. The van der Waals surface area contributed by atoms with Gasteiger partial charge in [0.1, 0.15) is 11.5 Å². The third kappa shape index (κ3) is 5.40. The molecule has 2 aliphatic rings. The number of hydrogen-bond acceptors (Lipinski definition) is 3. The molecule has 5 rings (SSSR count). The van der Waals surface area contributed by atoms with Crippen molar-refractivity contribution in [3.63, 3.8) is 0 Å². The van der Waals surface area contributed by atoms with Gasteiger partial charge in [0.05, 0.1) is 0 Å². The molecule has 2 fully saturated rings. The van der Waals surface area contributed by atoms with E-state index < -0.39 is 0 Å². The van der Waals surface area contributed by atoms with Crippen LogP contribution in [0.3, 0.4) is 0 Å². The minimum absolute atomic E-state index is 0.516. The van der Waals surface area contributed by atoms with Crippen LogP contribution in [0.4, 0.5) is 0 Å². The summed E-state index contributed by atoms with van der Waals surface area (Å²) in [5, 5.41) is 0. The van der Waals surface area contributed by atoms with Crippen molar-refractivity contribution in [2.45, 2.75) is 38.8 Å². The molecule has 0 unspecified atom stereocenters. The van der Waals surface area contributed by atoms with Crippen LogP contribution in [0.5, 0.6) is 11.5 Å². The zero-order chi connectivity index (χ0) is 21.6. The van der Waals surface area contributed by atoms with Crippen LogP contribution in [0, 0.1) is 5.41 Å². The summed E-state index contributed by atoms with van der Waals surface area (Å²) < 4.78 is 6.03. The van der Waals surface area contributed by atoms with E-state index in [4.69, 9.17) is 4.74 Å². The van der Waals surface area contributed by atoms with Crippen molar-refractivity contribution in [3.8, 4) is 11.5 Å². The summed E-state index contributed by atoms with van der Waals surface area (Å²) in [4.78, 5) is 5.32. The predicted molar refractivity (Wildman–Crippen MR) is 131 cm³/mol. The van der Waals surface area contributed by atoms with Crippen molar-refractivity contribution in [1.82, 2.24) is 9.80 Å². The molecule has 0 saturated carbocycles. The summed E-state index contributed by atoms with van der Waals surface area (Å²) in [6, 6.07) is 29.6. The van der Waals surface area contributed by atoms with Gasteiger partial charge in [-0.3, -0.25) is 9.80 Å². The van der Waals surface area contributed by atoms with E-state index in [1.807, 2.05) is 36.4 Å². The standard InChI is InChI=1S/C29H34N2O/c1-3-9-25(10-4-1)22-31-18-8-15-29(24-31)16-19-30(20-17-29)23-26-11-7-14-28(21-26)32-27-12-5-2-6-13-27/h1-7,9-14,21H,8,15-20,22-24H2. The van der Waals surface area contributed by atoms with Gasteiger partial charge in [-0.1, -0.05) is 60.7 Å². The van der Waals surface area contributed by atoms with Crippen LogP contribution in [0.15, 0.2) is 84.9 Å². The highest BCUT2D eigenvalue weighted by Gasteiger charge is 2.38. The number of benzene rings is 3. The van der Waals surface area contributed by atoms with Gasteiger partial charge >= 0.3 is 0 Å². The summed E-state index contributed by atoms with van der Waals surface area (Å²) in [7, 11) is 0. The molecule has 3 aromatic rings. The second-order valence-corrected chi connectivity index (χ2v) is 9.64. The summed E-state index contributed by atoms with van der Waals surface area (Å²) in [6.45, 7) is 7.01. The van der Waals surface area contributed by atoms with Crippen LogP contribution in [-0.4, -0.2) is 36.0 Å². The van der Waals surface area contributed by atoms with Crippen LogP contribution in [0.25, 0.3) is 0 Å². The largest absolute Gasteiger partial charge is 0.457 e. The Morgan fingerprint density at radius 3 is 2.06 bits per heavy atom. The monoisotopic (exact) mass is 426 g/mol. The van der Waals surface area contributed by atoms with Gasteiger partial charge in [-0.05, 0) is 86.1 Å². The first-order valence-corrected chi connectivity index (χ1v) is 12.1. The van der Waals surface area contributed by atoms with Crippen molar-refractivity contribution in [2.75, 3.05) is 26.2 Å². The van der Waals surface area contributed by atoms with Crippen LogP contribution in [0.1, 0.15) is 36.8 Å². The van der Waals surface area contributed by atoms with Crippen molar-refractivity contribution in [1.29, 1.82) is 0 Å². The molecular formula is C29H34N2O. The number of likely N-dealkylation sites (tertiary alicyclic amines) is 2. The van der Waals surface area contributed by atoms with Gasteiger partial charge in [0, 0.05) is 19.6 Å². The van der Waals surface area contributed by atoms with Crippen molar-refractivity contribution in [2.24, 2.45) is 5.41 Å². The van der Waals surface area contributed by atoms with E-state index in [0.717, 1.165) is 24.6 Å². The van der Waals surface area contributed by atoms with Crippen molar-refractivity contribution >= 4 is 0 Å². The number of nitrogens with zero attached hydrogens (tertiary/aromatic N) is 2. The zero-order valence-electron chi connectivity index (χ0n) is 19.0. The molecule has 2 aliphatic heterocycles. The maximum Gasteiger partial charge on any atom is 0.127 e. The minimum atomic E-state index is 0.516. The van der Waals surface area contributed by atoms with E-state index in [0.29, 0.717) is 5.41 Å².